The smallest absolute Gasteiger partial charge is 0.408 e. The molecule has 6 nitrogen and oxygen atoms in total. The Labute approximate surface area is 213 Å². The van der Waals surface area contributed by atoms with Crippen LogP contribution in [0.1, 0.15) is 53.4 Å². The van der Waals surface area contributed by atoms with Crippen LogP contribution in [0.2, 0.25) is 0 Å². The number of alkyl carbamates (subject to hydrolysis) is 1. The van der Waals surface area contributed by atoms with E-state index >= 15 is 0 Å². The van der Waals surface area contributed by atoms with Crippen LogP contribution in [-0.4, -0.2) is 29.4 Å². The second-order valence-corrected chi connectivity index (χ2v) is 9.90. The minimum Gasteiger partial charge on any atom is -0.445 e. The predicted molar refractivity (Wildman–Crippen MR) is 141 cm³/mol. The van der Waals surface area contributed by atoms with Gasteiger partial charge in [0.2, 0.25) is 0 Å². The molecule has 3 rings (SSSR count). The van der Waals surface area contributed by atoms with E-state index in [0.29, 0.717) is 17.5 Å². The van der Waals surface area contributed by atoms with E-state index < -0.39 is 17.7 Å². The molecule has 3 aromatic rings. The minimum atomic E-state index is -0.810. The quantitative estimate of drug-likeness (QED) is 0.437. The first-order valence-corrected chi connectivity index (χ1v) is 12.1. The zero-order chi connectivity index (χ0) is 26.1. The van der Waals surface area contributed by atoms with Crippen molar-refractivity contribution in [3.63, 3.8) is 0 Å². The third kappa shape index (κ3) is 8.08. The second-order valence-electron chi connectivity index (χ2n) is 9.90. The van der Waals surface area contributed by atoms with Gasteiger partial charge in [0.25, 0.3) is 5.91 Å². The molecule has 3 aromatic carbocycles. The van der Waals surface area contributed by atoms with Gasteiger partial charge in [-0.1, -0.05) is 78.9 Å². The lowest BCUT2D eigenvalue weighted by molar-refractivity contribution is -0.120. The van der Waals surface area contributed by atoms with Crippen molar-refractivity contribution in [3.8, 4) is 0 Å². The summed E-state index contributed by atoms with van der Waals surface area (Å²) in [5, 5.41) is 5.73. The Balaban J connectivity index is 1.78. The van der Waals surface area contributed by atoms with E-state index in [1.165, 1.54) is 0 Å². The van der Waals surface area contributed by atoms with Gasteiger partial charge in [0.15, 0.2) is 5.78 Å². The van der Waals surface area contributed by atoms with E-state index in [0.717, 1.165) is 16.7 Å². The van der Waals surface area contributed by atoms with Crippen LogP contribution in [0.3, 0.4) is 0 Å². The van der Waals surface area contributed by atoms with Crippen LogP contribution >= 0.6 is 0 Å². The maximum Gasteiger partial charge on any atom is 0.408 e. The topological polar surface area (TPSA) is 84.5 Å². The van der Waals surface area contributed by atoms with Crippen molar-refractivity contribution in [2.75, 3.05) is 0 Å². The molecular formula is C30H34N2O4. The van der Waals surface area contributed by atoms with Gasteiger partial charge in [0, 0.05) is 17.5 Å². The predicted octanol–water partition coefficient (Wildman–Crippen LogP) is 5.17. The van der Waals surface area contributed by atoms with Crippen LogP contribution in [0.15, 0.2) is 78.9 Å². The summed E-state index contributed by atoms with van der Waals surface area (Å²) < 4.78 is 5.37. The molecule has 0 aliphatic carbocycles. The fourth-order valence-corrected chi connectivity index (χ4v) is 3.92. The van der Waals surface area contributed by atoms with Gasteiger partial charge in [-0.05, 0) is 56.4 Å². The summed E-state index contributed by atoms with van der Waals surface area (Å²) in [7, 11) is 0. The fourth-order valence-electron chi connectivity index (χ4n) is 3.92. The summed E-state index contributed by atoms with van der Waals surface area (Å²) in [6, 6.07) is 23.5. The highest BCUT2D eigenvalue weighted by molar-refractivity contribution is 5.99. The van der Waals surface area contributed by atoms with Gasteiger partial charge in [0.1, 0.15) is 6.61 Å². The van der Waals surface area contributed by atoms with Gasteiger partial charge >= 0.3 is 6.09 Å². The van der Waals surface area contributed by atoms with Crippen LogP contribution in [0.5, 0.6) is 0 Å². The zero-order valence-corrected chi connectivity index (χ0v) is 21.3. The van der Waals surface area contributed by atoms with Crippen molar-refractivity contribution >= 4 is 17.8 Å². The number of Topliss-reactive ketones (excluding diaryl/α,β-unsaturated/α-hetero) is 1. The summed E-state index contributed by atoms with van der Waals surface area (Å²) in [6.45, 7) is 7.69. The minimum absolute atomic E-state index is 0.00500. The SMILES string of the molecule is Cc1cccc(CC(=O)C(Cc2ccccc2)NC(=O)OCc2ccccc2)c1C(=O)NC(C)(C)C. The van der Waals surface area contributed by atoms with Gasteiger partial charge in [-0.15, -0.1) is 0 Å². The number of ketones is 1. The summed E-state index contributed by atoms with van der Waals surface area (Å²) in [5.41, 5.74) is 3.25. The highest BCUT2D eigenvalue weighted by Crippen LogP contribution is 2.18. The molecule has 2 amide bonds. The molecule has 0 radical (unpaired) electrons. The van der Waals surface area contributed by atoms with Crippen LogP contribution in [0.4, 0.5) is 4.79 Å². The number of ether oxygens (including phenoxy) is 1. The molecule has 36 heavy (non-hydrogen) atoms. The molecule has 0 fully saturated rings. The molecule has 6 heteroatoms. The van der Waals surface area contributed by atoms with Gasteiger partial charge in [-0.3, -0.25) is 9.59 Å². The molecular weight excluding hydrogens is 452 g/mol. The number of rotatable bonds is 9. The van der Waals surface area contributed by atoms with Crippen molar-refractivity contribution in [1.29, 1.82) is 0 Å². The zero-order valence-electron chi connectivity index (χ0n) is 21.3. The Hall–Kier alpha value is -3.93. The Morgan fingerprint density at radius 2 is 1.44 bits per heavy atom. The number of amides is 2. The van der Waals surface area contributed by atoms with Gasteiger partial charge < -0.3 is 15.4 Å². The number of carbonyl (C=O) groups excluding carboxylic acids is 3. The number of nitrogens with one attached hydrogen (secondary N) is 2. The monoisotopic (exact) mass is 486 g/mol. The Morgan fingerprint density at radius 1 is 0.833 bits per heavy atom. The van der Waals surface area contributed by atoms with E-state index in [9.17, 15) is 14.4 Å². The standard InChI is InChI=1S/C30H34N2O4/c1-21-12-11-17-24(27(21)28(34)32-30(2,3)4)19-26(33)25(18-22-13-7-5-8-14-22)31-29(35)36-20-23-15-9-6-10-16-23/h5-17,25H,18-20H2,1-4H3,(H,31,35)(H,32,34). The van der Waals surface area contributed by atoms with Gasteiger partial charge in [-0.25, -0.2) is 4.79 Å². The lowest BCUT2D eigenvalue weighted by atomic mass is 9.92. The van der Waals surface area contributed by atoms with Crippen molar-refractivity contribution < 1.29 is 19.1 Å². The molecule has 1 unspecified atom stereocenters. The van der Waals surface area contributed by atoms with Crippen molar-refractivity contribution in [1.82, 2.24) is 10.6 Å². The van der Waals surface area contributed by atoms with Crippen molar-refractivity contribution in [2.45, 2.75) is 58.7 Å². The first kappa shape index (κ1) is 26.7. The summed E-state index contributed by atoms with van der Waals surface area (Å²) in [5.74, 6) is -0.427. The van der Waals surface area contributed by atoms with E-state index in [4.69, 9.17) is 4.74 Å². The molecule has 0 heterocycles. The van der Waals surface area contributed by atoms with Crippen LogP contribution in [-0.2, 0) is 29.0 Å². The maximum atomic E-state index is 13.5. The first-order valence-electron chi connectivity index (χ1n) is 12.1. The Kier molecular flexibility index (Phi) is 9.01. The van der Waals surface area contributed by atoms with Crippen LogP contribution in [0.25, 0.3) is 0 Å². The number of aryl methyl sites for hydroxylation is 1. The van der Waals surface area contributed by atoms with E-state index in [1.807, 2.05) is 100 Å². The molecule has 0 aliphatic heterocycles. The third-order valence-electron chi connectivity index (χ3n) is 5.62. The second kappa shape index (κ2) is 12.2. The maximum absolute atomic E-state index is 13.5. The highest BCUT2D eigenvalue weighted by Gasteiger charge is 2.26. The first-order chi connectivity index (χ1) is 17.1. The average Bonchev–Trinajstić information content (AvgIpc) is 2.82. The largest absolute Gasteiger partial charge is 0.445 e. The molecule has 1 atom stereocenters. The third-order valence-corrected chi connectivity index (χ3v) is 5.62. The molecule has 0 saturated heterocycles. The molecule has 0 aromatic heterocycles. The van der Waals surface area contributed by atoms with Crippen molar-refractivity contribution in [3.05, 3.63) is 107 Å². The van der Waals surface area contributed by atoms with E-state index in [1.54, 1.807) is 6.07 Å². The Bertz CT molecular complexity index is 1180. The number of benzene rings is 3. The van der Waals surface area contributed by atoms with Crippen LogP contribution < -0.4 is 10.6 Å². The highest BCUT2D eigenvalue weighted by atomic mass is 16.5. The van der Waals surface area contributed by atoms with Crippen LogP contribution in [0, 0.1) is 6.92 Å². The summed E-state index contributed by atoms with van der Waals surface area (Å²) >= 11 is 0. The summed E-state index contributed by atoms with van der Waals surface area (Å²) in [6.07, 6.45) is -0.344. The number of hydrogen-bond donors (Lipinski definition) is 2. The molecule has 2 N–H and O–H groups in total. The lowest BCUT2D eigenvalue weighted by Gasteiger charge is -2.23. The molecule has 0 aliphatic rings. The molecule has 0 spiro atoms. The fraction of sp³-hybridized carbons (Fsp3) is 0.300. The van der Waals surface area contributed by atoms with Gasteiger partial charge in [-0.2, -0.15) is 0 Å². The average molecular weight is 487 g/mol. The van der Waals surface area contributed by atoms with E-state index in [-0.39, 0.29) is 24.7 Å². The molecule has 0 bridgehead atoms. The van der Waals surface area contributed by atoms with E-state index in [2.05, 4.69) is 10.6 Å². The lowest BCUT2D eigenvalue weighted by Crippen LogP contribution is -2.44. The van der Waals surface area contributed by atoms with Gasteiger partial charge in [0.05, 0.1) is 6.04 Å². The normalized spacial score (nSPS) is 11.9. The number of carbonyl (C=O) groups is 3. The summed E-state index contributed by atoms with van der Waals surface area (Å²) in [4.78, 5) is 39.1. The molecule has 188 valence electrons. The van der Waals surface area contributed by atoms with Crippen molar-refractivity contribution in [2.24, 2.45) is 0 Å². The number of hydrogen-bond acceptors (Lipinski definition) is 4. The Morgan fingerprint density at radius 3 is 2.06 bits per heavy atom. The molecule has 0 saturated carbocycles.